The number of hydrogen-bond acceptors (Lipinski definition) is 3. The molecule has 5 nitrogen and oxygen atoms in total. The van der Waals surface area contributed by atoms with Gasteiger partial charge in [0.05, 0.1) is 0 Å². The first kappa shape index (κ1) is 12.3. The fraction of sp³-hybridized carbons (Fsp3) is 0.333. The highest BCUT2D eigenvalue weighted by Crippen LogP contribution is 2.25. The highest BCUT2D eigenvalue weighted by molar-refractivity contribution is 5.91. The van der Waals surface area contributed by atoms with Crippen LogP contribution in [0.3, 0.4) is 0 Å². The average molecular weight is 253 g/mol. The van der Waals surface area contributed by atoms with Gasteiger partial charge in [-0.25, -0.2) is 9.18 Å². The molecule has 1 aliphatic heterocycles. The Morgan fingerprint density at radius 1 is 1.56 bits per heavy atom. The Hall–Kier alpha value is -2.11. The molecule has 1 amide bonds. The van der Waals surface area contributed by atoms with Crippen molar-refractivity contribution in [2.45, 2.75) is 12.5 Å². The maximum absolute atomic E-state index is 13.4. The number of carbonyl (C=O) groups excluding carboxylic acids is 1. The number of aromatic carboxylic acids is 1. The van der Waals surface area contributed by atoms with E-state index < -0.39 is 23.5 Å². The fourth-order valence-corrected chi connectivity index (χ4v) is 1.86. The number of nitrogens with zero attached hydrogens (tertiary/aromatic N) is 1. The molecule has 1 aromatic rings. The molecule has 2 rings (SSSR count). The van der Waals surface area contributed by atoms with Crippen LogP contribution >= 0.6 is 0 Å². The topological polar surface area (TPSA) is 66.8 Å². The zero-order valence-electron chi connectivity index (χ0n) is 9.72. The summed E-state index contributed by atoms with van der Waals surface area (Å²) in [6, 6.07) is 3.73. The van der Waals surface area contributed by atoms with Gasteiger partial charge in [-0.3, -0.25) is 4.79 Å². The van der Waals surface area contributed by atoms with E-state index in [4.69, 9.17) is 9.84 Å². The first-order valence-electron chi connectivity index (χ1n) is 5.44. The molecule has 6 heteroatoms. The van der Waals surface area contributed by atoms with Gasteiger partial charge in [0.2, 0.25) is 0 Å². The maximum atomic E-state index is 13.4. The third-order valence-corrected chi connectivity index (χ3v) is 2.84. The van der Waals surface area contributed by atoms with E-state index in [9.17, 15) is 14.0 Å². The van der Waals surface area contributed by atoms with E-state index in [0.717, 1.165) is 6.07 Å². The van der Waals surface area contributed by atoms with Crippen LogP contribution in [0, 0.1) is 5.82 Å². The molecule has 1 N–H and O–H groups in total. The van der Waals surface area contributed by atoms with Gasteiger partial charge < -0.3 is 14.7 Å². The fourth-order valence-electron chi connectivity index (χ4n) is 1.86. The van der Waals surface area contributed by atoms with Crippen LogP contribution < -0.4 is 4.74 Å². The van der Waals surface area contributed by atoms with E-state index in [1.165, 1.54) is 17.0 Å². The molecule has 1 heterocycles. The summed E-state index contributed by atoms with van der Waals surface area (Å²) in [6.45, 7) is 0.543. The van der Waals surface area contributed by atoms with Crippen LogP contribution in [-0.4, -0.2) is 41.6 Å². The number of carbonyl (C=O) groups is 2. The molecule has 96 valence electrons. The number of carboxylic acids is 1. The molecule has 0 radical (unpaired) electrons. The number of ether oxygens (including phenoxy) is 1. The molecule has 1 fully saturated rings. The van der Waals surface area contributed by atoms with Crippen LogP contribution in [0.25, 0.3) is 0 Å². The lowest BCUT2D eigenvalue weighted by atomic mass is 10.2. The number of likely N-dealkylation sites (N-methyl/N-ethyl adjacent to an activating group) is 1. The minimum Gasteiger partial charge on any atom is -0.480 e. The summed E-state index contributed by atoms with van der Waals surface area (Å²) < 4.78 is 18.7. The second-order valence-electron chi connectivity index (χ2n) is 4.07. The summed E-state index contributed by atoms with van der Waals surface area (Å²) >= 11 is 0. The standard InChI is InChI=1S/C12H12FNO4/c1-14-6-5-9(11(14)15)18-8-4-2-3-7(13)10(8)12(16)17/h2-4,9H,5-6H2,1H3,(H,16,17). The minimum absolute atomic E-state index is 0.115. The molecule has 1 aromatic carbocycles. The van der Waals surface area contributed by atoms with Gasteiger partial charge >= 0.3 is 5.97 Å². The predicted molar refractivity (Wildman–Crippen MR) is 60.0 cm³/mol. The third kappa shape index (κ3) is 2.13. The monoisotopic (exact) mass is 253 g/mol. The number of halogens is 1. The van der Waals surface area contributed by atoms with Crippen molar-refractivity contribution in [1.29, 1.82) is 0 Å². The average Bonchev–Trinajstić information content (AvgIpc) is 2.60. The Labute approximate surface area is 103 Å². The van der Waals surface area contributed by atoms with Crippen LogP contribution in [0.5, 0.6) is 5.75 Å². The van der Waals surface area contributed by atoms with Crippen LogP contribution in [0.15, 0.2) is 18.2 Å². The quantitative estimate of drug-likeness (QED) is 0.877. The lowest BCUT2D eigenvalue weighted by molar-refractivity contribution is -0.132. The summed E-state index contributed by atoms with van der Waals surface area (Å²) in [4.78, 5) is 24.1. The molecular formula is C12H12FNO4. The highest BCUT2D eigenvalue weighted by Gasteiger charge is 2.32. The normalized spacial score (nSPS) is 19.1. The molecule has 18 heavy (non-hydrogen) atoms. The summed E-state index contributed by atoms with van der Waals surface area (Å²) in [7, 11) is 1.63. The molecule has 0 spiro atoms. The number of likely N-dealkylation sites (tertiary alicyclic amines) is 1. The molecule has 1 unspecified atom stereocenters. The van der Waals surface area contributed by atoms with Gasteiger partial charge in [0.15, 0.2) is 6.10 Å². The Kier molecular flexibility index (Phi) is 3.18. The zero-order valence-corrected chi connectivity index (χ0v) is 9.72. The van der Waals surface area contributed by atoms with E-state index in [1.54, 1.807) is 7.05 Å². The van der Waals surface area contributed by atoms with Crippen LogP contribution in [-0.2, 0) is 4.79 Å². The van der Waals surface area contributed by atoms with Crippen LogP contribution in [0.2, 0.25) is 0 Å². The van der Waals surface area contributed by atoms with E-state index in [0.29, 0.717) is 13.0 Å². The van der Waals surface area contributed by atoms with E-state index in [2.05, 4.69) is 0 Å². The number of benzene rings is 1. The van der Waals surface area contributed by atoms with Gasteiger partial charge in [-0.15, -0.1) is 0 Å². The molecule has 0 saturated carbocycles. The minimum atomic E-state index is -1.41. The SMILES string of the molecule is CN1CCC(Oc2cccc(F)c2C(=O)O)C1=O. The second kappa shape index (κ2) is 4.64. The van der Waals surface area contributed by atoms with E-state index in [1.807, 2.05) is 0 Å². The largest absolute Gasteiger partial charge is 0.480 e. The smallest absolute Gasteiger partial charge is 0.342 e. The molecule has 1 saturated heterocycles. The van der Waals surface area contributed by atoms with Crippen molar-refractivity contribution < 1.29 is 23.8 Å². The van der Waals surface area contributed by atoms with Gasteiger partial charge in [-0.2, -0.15) is 0 Å². The Morgan fingerprint density at radius 3 is 2.83 bits per heavy atom. The van der Waals surface area contributed by atoms with Gasteiger partial charge in [-0.05, 0) is 12.1 Å². The van der Waals surface area contributed by atoms with Crippen molar-refractivity contribution in [2.24, 2.45) is 0 Å². The summed E-state index contributed by atoms with van der Waals surface area (Å²) in [5.74, 6) is -2.63. The first-order valence-corrected chi connectivity index (χ1v) is 5.44. The lowest BCUT2D eigenvalue weighted by Crippen LogP contribution is -2.29. The molecular weight excluding hydrogens is 241 g/mol. The summed E-state index contributed by atoms with van der Waals surface area (Å²) in [6.07, 6.45) is -0.278. The maximum Gasteiger partial charge on any atom is 0.342 e. The van der Waals surface area contributed by atoms with Crippen molar-refractivity contribution in [2.75, 3.05) is 13.6 Å². The van der Waals surface area contributed by atoms with Crippen molar-refractivity contribution in [1.82, 2.24) is 4.90 Å². The number of carboxylic acid groups (broad SMARTS) is 1. The lowest BCUT2D eigenvalue weighted by Gasteiger charge is -2.14. The zero-order chi connectivity index (χ0) is 13.3. The molecule has 0 aliphatic carbocycles. The summed E-state index contributed by atoms with van der Waals surface area (Å²) in [5, 5.41) is 8.92. The Balaban J connectivity index is 2.27. The van der Waals surface area contributed by atoms with Crippen molar-refractivity contribution in [3.05, 3.63) is 29.6 Å². The van der Waals surface area contributed by atoms with Gasteiger partial charge in [0.1, 0.15) is 17.1 Å². The summed E-state index contributed by atoms with van der Waals surface area (Å²) in [5.41, 5.74) is -0.542. The predicted octanol–water partition coefficient (Wildman–Crippen LogP) is 1.13. The van der Waals surface area contributed by atoms with E-state index in [-0.39, 0.29) is 11.7 Å². The molecule has 0 bridgehead atoms. The highest BCUT2D eigenvalue weighted by atomic mass is 19.1. The van der Waals surface area contributed by atoms with Gasteiger partial charge in [0.25, 0.3) is 5.91 Å². The number of hydrogen-bond donors (Lipinski definition) is 1. The van der Waals surface area contributed by atoms with Crippen molar-refractivity contribution in [3.8, 4) is 5.75 Å². The third-order valence-electron chi connectivity index (χ3n) is 2.84. The Bertz CT molecular complexity index is 503. The van der Waals surface area contributed by atoms with Crippen molar-refractivity contribution >= 4 is 11.9 Å². The number of rotatable bonds is 3. The second-order valence-corrected chi connectivity index (χ2v) is 4.07. The first-order chi connectivity index (χ1) is 8.50. The van der Waals surface area contributed by atoms with E-state index >= 15 is 0 Å². The van der Waals surface area contributed by atoms with Crippen LogP contribution in [0.1, 0.15) is 16.8 Å². The van der Waals surface area contributed by atoms with Gasteiger partial charge in [0, 0.05) is 20.0 Å². The number of amides is 1. The molecule has 1 aliphatic rings. The Morgan fingerprint density at radius 2 is 2.28 bits per heavy atom. The van der Waals surface area contributed by atoms with Gasteiger partial charge in [-0.1, -0.05) is 6.07 Å². The molecule has 0 aromatic heterocycles. The molecule has 1 atom stereocenters. The van der Waals surface area contributed by atoms with Crippen molar-refractivity contribution in [3.63, 3.8) is 0 Å². The van der Waals surface area contributed by atoms with Crippen LogP contribution in [0.4, 0.5) is 4.39 Å².